The third-order valence-electron chi connectivity index (χ3n) is 4.42. The molecule has 0 aliphatic carbocycles. The zero-order chi connectivity index (χ0) is 15.6. The molecule has 0 aliphatic rings. The van der Waals surface area contributed by atoms with Crippen LogP contribution in [0.3, 0.4) is 0 Å². The van der Waals surface area contributed by atoms with E-state index in [1.54, 1.807) is 4.68 Å². The molecule has 2 rings (SSSR count). The van der Waals surface area contributed by atoms with Crippen molar-refractivity contribution in [3.05, 3.63) is 52.3 Å². The second-order valence-corrected chi connectivity index (χ2v) is 6.47. The Labute approximate surface area is 132 Å². The van der Waals surface area contributed by atoms with Crippen molar-refractivity contribution in [3.8, 4) is 0 Å². The van der Waals surface area contributed by atoms with Gasteiger partial charge in [0.2, 0.25) is 0 Å². The first-order chi connectivity index (χ1) is 9.87. The molecule has 4 heteroatoms. The molecule has 1 aromatic heterocycles. The van der Waals surface area contributed by atoms with E-state index in [9.17, 15) is 0 Å². The predicted octanol–water partition coefficient (Wildman–Crippen LogP) is 3.49. The van der Waals surface area contributed by atoms with Crippen molar-refractivity contribution in [2.24, 2.45) is 7.05 Å². The van der Waals surface area contributed by atoms with Gasteiger partial charge in [0.25, 0.3) is 0 Å². The summed E-state index contributed by atoms with van der Waals surface area (Å²) < 4.78 is 1.74. The summed E-state index contributed by atoms with van der Waals surface area (Å²) in [6, 6.07) is 10.9. The van der Waals surface area contributed by atoms with Crippen molar-refractivity contribution in [3.63, 3.8) is 0 Å². The van der Waals surface area contributed by atoms with Gasteiger partial charge < -0.3 is 5.32 Å². The lowest BCUT2D eigenvalue weighted by Crippen LogP contribution is -2.44. The number of nitrogens with one attached hydrogen (secondary N) is 1. The molecule has 0 fully saturated rings. The van der Waals surface area contributed by atoms with Gasteiger partial charge >= 0.3 is 0 Å². The summed E-state index contributed by atoms with van der Waals surface area (Å²) in [4.78, 5) is 0. The number of nitrogens with zero attached hydrogens (tertiary/aromatic N) is 2. The lowest BCUT2D eigenvalue weighted by atomic mass is 9.75. The van der Waals surface area contributed by atoms with Crippen molar-refractivity contribution in [2.75, 3.05) is 7.05 Å². The second-order valence-electron chi connectivity index (χ2n) is 6.11. The highest BCUT2D eigenvalue weighted by Crippen LogP contribution is 2.31. The molecule has 1 unspecified atom stereocenters. The van der Waals surface area contributed by atoms with E-state index in [2.05, 4.69) is 54.6 Å². The minimum absolute atomic E-state index is 0.00161. The molecule has 1 atom stereocenters. The van der Waals surface area contributed by atoms with Crippen LogP contribution < -0.4 is 5.32 Å². The van der Waals surface area contributed by atoms with Crippen LogP contribution in [0, 0.1) is 6.92 Å². The molecule has 1 N–H and O–H groups in total. The van der Waals surface area contributed by atoms with Crippen LogP contribution in [0.1, 0.15) is 30.7 Å². The van der Waals surface area contributed by atoms with Crippen LogP contribution in [0.5, 0.6) is 0 Å². The third kappa shape index (κ3) is 3.14. The van der Waals surface area contributed by atoms with Gasteiger partial charge in [0.15, 0.2) is 0 Å². The molecular formula is C17H24ClN3. The Kier molecular flexibility index (Phi) is 4.74. The molecule has 3 nitrogen and oxygen atoms in total. The normalized spacial score (nSPS) is 13.4. The zero-order valence-electron chi connectivity index (χ0n) is 13.4. The second kappa shape index (κ2) is 6.20. The van der Waals surface area contributed by atoms with Crippen molar-refractivity contribution in [2.45, 2.75) is 38.6 Å². The summed E-state index contributed by atoms with van der Waals surface area (Å²) >= 11 is 6.38. The van der Waals surface area contributed by atoms with E-state index >= 15 is 0 Å². The Morgan fingerprint density at radius 2 is 1.90 bits per heavy atom. The Balaban J connectivity index is 2.32. The summed E-state index contributed by atoms with van der Waals surface area (Å²) in [5, 5.41) is 8.60. The van der Waals surface area contributed by atoms with E-state index in [4.69, 9.17) is 11.6 Å². The molecule has 0 saturated heterocycles. The summed E-state index contributed by atoms with van der Waals surface area (Å²) in [7, 11) is 3.89. The average molecular weight is 306 g/mol. The molecule has 114 valence electrons. The molecular weight excluding hydrogens is 282 g/mol. The van der Waals surface area contributed by atoms with Crippen molar-refractivity contribution < 1.29 is 0 Å². The minimum Gasteiger partial charge on any atom is -0.316 e. The highest BCUT2D eigenvalue weighted by molar-refractivity contribution is 6.30. The quantitative estimate of drug-likeness (QED) is 0.916. The van der Waals surface area contributed by atoms with Gasteiger partial charge in [0, 0.05) is 24.1 Å². The first-order valence-electron chi connectivity index (χ1n) is 7.28. The van der Waals surface area contributed by atoms with Gasteiger partial charge in [0.05, 0.1) is 5.69 Å². The maximum atomic E-state index is 6.38. The zero-order valence-corrected chi connectivity index (χ0v) is 14.2. The predicted molar refractivity (Wildman–Crippen MR) is 89.0 cm³/mol. The van der Waals surface area contributed by atoms with E-state index in [1.807, 2.05) is 21.0 Å². The Hall–Kier alpha value is -1.32. The first kappa shape index (κ1) is 16.1. The Morgan fingerprint density at radius 3 is 2.38 bits per heavy atom. The molecule has 0 spiro atoms. The fourth-order valence-electron chi connectivity index (χ4n) is 2.90. The number of hydrogen-bond donors (Lipinski definition) is 1. The Morgan fingerprint density at radius 1 is 1.29 bits per heavy atom. The fourth-order valence-corrected chi connectivity index (χ4v) is 3.15. The lowest BCUT2D eigenvalue weighted by molar-refractivity contribution is 0.356. The smallest absolute Gasteiger partial charge is 0.130 e. The van der Waals surface area contributed by atoms with E-state index in [1.165, 1.54) is 5.56 Å². The number of aryl methyl sites for hydroxylation is 2. The molecule has 0 aliphatic heterocycles. The van der Waals surface area contributed by atoms with Gasteiger partial charge in [-0.3, -0.25) is 4.68 Å². The molecule has 0 bridgehead atoms. The number of rotatable bonds is 5. The molecule has 1 aromatic carbocycles. The van der Waals surface area contributed by atoms with Gasteiger partial charge in [-0.2, -0.15) is 5.10 Å². The third-order valence-corrected chi connectivity index (χ3v) is 4.89. The van der Waals surface area contributed by atoms with Crippen molar-refractivity contribution in [1.82, 2.24) is 15.1 Å². The van der Waals surface area contributed by atoms with Crippen molar-refractivity contribution >= 4 is 11.6 Å². The van der Waals surface area contributed by atoms with Crippen LogP contribution in [-0.2, 0) is 18.9 Å². The largest absolute Gasteiger partial charge is 0.316 e. The van der Waals surface area contributed by atoms with Gasteiger partial charge in [-0.05, 0) is 26.0 Å². The van der Waals surface area contributed by atoms with Gasteiger partial charge in [0.1, 0.15) is 5.15 Å². The lowest BCUT2D eigenvalue weighted by Gasteiger charge is -2.35. The number of likely N-dealkylation sites (N-methyl/N-ethyl adjacent to an activating group) is 1. The van der Waals surface area contributed by atoms with E-state index in [0.29, 0.717) is 0 Å². The SMILES string of the molecule is CNC(Cc1c(C)nn(C)c1Cl)C(C)(C)c1ccccc1. The van der Waals surface area contributed by atoms with Crippen LogP contribution in [0.25, 0.3) is 0 Å². The molecule has 1 heterocycles. The van der Waals surface area contributed by atoms with Gasteiger partial charge in [-0.25, -0.2) is 0 Å². The molecule has 0 radical (unpaired) electrons. The topological polar surface area (TPSA) is 29.9 Å². The highest BCUT2D eigenvalue weighted by Gasteiger charge is 2.31. The fraction of sp³-hybridized carbons (Fsp3) is 0.471. The monoisotopic (exact) mass is 305 g/mol. The maximum Gasteiger partial charge on any atom is 0.130 e. The van der Waals surface area contributed by atoms with Crippen LogP contribution in [0.4, 0.5) is 0 Å². The molecule has 0 saturated carbocycles. The van der Waals surface area contributed by atoms with Crippen LogP contribution in [-0.4, -0.2) is 22.9 Å². The average Bonchev–Trinajstić information content (AvgIpc) is 2.71. The van der Waals surface area contributed by atoms with Crippen LogP contribution in [0.15, 0.2) is 30.3 Å². The summed E-state index contributed by atoms with van der Waals surface area (Å²) in [5.41, 5.74) is 3.46. The maximum absolute atomic E-state index is 6.38. The van der Waals surface area contributed by atoms with E-state index in [-0.39, 0.29) is 11.5 Å². The first-order valence-corrected chi connectivity index (χ1v) is 7.66. The number of aromatic nitrogens is 2. The Bertz CT molecular complexity index is 602. The van der Waals surface area contributed by atoms with E-state index < -0.39 is 0 Å². The van der Waals surface area contributed by atoms with Crippen LogP contribution in [0.2, 0.25) is 5.15 Å². The summed E-state index contributed by atoms with van der Waals surface area (Å²) in [6.45, 7) is 6.55. The molecule has 2 aromatic rings. The van der Waals surface area contributed by atoms with Gasteiger partial charge in [-0.1, -0.05) is 55.8 Å². The number of halogens is 1. The highest BCUT2D eigenvalue weighted by atomic mass is 35.5. The number of hydrogen-bond acceptors (Lipinski definition) is 2. The summed E-state index contributed by atoms with van der Waals surface area (Å²) in [5.74, 6) is 0. The molecule has 0 amide bonds. The van der Waals surface area contributed by atoms with Gasteiger partial charge in [-0.15, -0.1) is 0 Å². The number of benzene rings is 1. The molecule has 21 heavy (non-hydrogen) atoms. The standard InChI is InChI=1S/C17H24ClN3/c1-12-14(16(18)21(5)20-12)11-15(19-4)17(2,3)13-9-7-6-8-10-13/h6-10,15,19H,11H2,1-5H3. The van der Waals surface area contributed by atoms with E-state index in [0.717, 1.165) is 22.8 Å². The van der Waals surface area contributed by atoms with Crippen LogP contribution >= 0.6 is 11.6 Å². The van der Waals surface area contributed by atoms with Crippen molar-refractivity contribution in [1.29, 1.82) is 0 Å². The summed E-state index contributed by atoms with van der Waals surface area (Å²) in [6.07, 6.45) is 0.858. The minimum atomic E-state index is 0.00161.